The molecule has 0 atom stereocenters. The second-order valence-electron chi connectivity index (χ2n) is 9.53. The van der Waals surface area contributed by atoms with Crippen molar-refractivity contribution in [3.8, 4) is 0 Å². The Hall–Kier alpha value is -1.93. The van der Waals surface area contributed by atoms with Crippen molar-refractivity contribution in [2.24, 2.45) is 11.8 Å². The van der Waals surface area contributed by atoms with Crippen LogP contribution in [0.1, 0.15) is 70.8 Å². The Bertz CT molecular complexity index is 881. The Labute approximate surface area is 191 Å². The number of nitrogens with one attached hydrogen (secondary N) is 1. The minimum atomic E-state index is -3.58. The minimum absolute atomic E-state index is 0.167. The van der Waals surface area contributed by atoms with Crippen LogP contribution in [0.5, 0.6) is 0 Å². The molecule has 2 fully saturated rings. The van der Waals surface area contributed by atoms with Gasteiger partial charge < -0.3 is 10.1 Å². The Morgan fingerprint density at radius 3 is 2.19 bits per heavy atom. The first-order valence-electron chi connectivity index (χ1n) is 11.7. The Morgan fingerprint density at radius 1 is 1.03 bits per heavy atom. The summed E-state index contributed by atoms with van der Waals surface area (Å²) in [4.78, 5) is 24.8. The predicted octanol–water partition coefficient (Wildman–Crippen LogP) is 3.45. The molecule has 2 aliphatic rings. The molecule has 178 valence electrons. The van der Waals surface area contributed by atoms with Gasteiger partial charge in [-0.3, -0.25) is 9.59 Å². The summed E-state index contributed by atoms with van der Waals surface area (Å²) >= 11 is 0. The van der Waals surface area contributed by atoms with Crippen LogP contribution in [-0.4, -0.2) is 50.3 Å². The fourth-order valence-electron chi connectivity index (χ4n) is 4.43. The zero-order chi connectivity index (χ0) is 23.3. The van der Waals surface area contributed by atoms with E-state index in [1.807, 2.05) is 12.1 Å². The van der Waals surface area contributed by atoms with E-state index in [0.29, 0.717) is 24.7 Å². The van der Waals surface area contributed by atoms with Gasteiger partial charge in [0.2, 0.25) is 10.0 Å². The van der Waals surface area contributed by atoms with E-state index in [9.17, 15) is 18.0 Å². The van der Waals surface area contributed by atoms with Crippen LogP contribution in [0.3, 0.4) is 0 Å². The summed E-state index contributed by atoms with van der Waals surface area (Å²) in [6, 6.07) is 7.16. The molecule has 1 aliphatic carbocycles. The molecule has 0 radical (unpaired) electrons. The maximum absolute atomic E-state index is 12.9. The largest absolute Gasteiger partial charge is 0.455 e. The Kier molecular flexibility index (Phi) is 8.33. The van der Waals surface area contributed by atoms with Crippen molar-refractivity contribution in [1.82, 2.24) is 9.62 Å². The molecule has 1 saturated heterocycles. The molecule has 7 nitrogen and oxygen atoms in total. The number of benzene rings is 1. The number of ether oxygens (including phenoxy) is 1. The van der Waals surface area contributed by atoms with Crippen molar-refractivity contribution < 1.29 is 22.7 Å². The summed E-state index contributed by atoms with van der Waals surface area (Å²) in [5, 5.41) is 2.95. The third kappa shape index (κ3) is 6.32. The number of hydrogen-bond donors (Lipinski definition) is 1. The van der Waals surface area contributed by atoms with Crippen molar-refractivity contribution in [2.45, 2.75) is 76.2 Å². The molecule has 0 bridgehead atoms. The van der Waals surface area contributed by atoms with E-state index in [0.717, 1.165) is 31.2 Å². The van der Waals surface area contributed by atoms with Gasteiger partial charge in [-0.15, -0.1) is 0 Å². The number of hydrogen-bond acceptors (Lipinski definition) is 5. The molecule has 1 amide bonds. The topological polar surface area (TPSA) is 92.8 Å². The van der Waals surface area contributed by atoms with Gasteiger partial charge >= 0.3 is 5.97 Å². The van der Waals surface area contributed by atoms with Crippen molar-refractivity contribution in [3.63, 3.8) is 0 Å². The Balaban J connectivity index is 1.44. The van der Waals surface area contributed by atoms with Crippen LogP contribution in [-0.2, 0) is 24.3 Å². The lowest BCUT2D eigenvalue weighted by molar-refractivity contribution is -0.153. The van der Waals surface area contributed by atoms with Gasteiger partial charge in [0.15, 0.2) is 6.61 Å². The molecule has 1 saturated carbocycles. The molecule has 8 heteroatoms. The first-order chi connectivity index (χ1) is 15.2. The summed E-state index contributed by atoms with van der Waals surface area (Å²) in [5.41, 5.74) is 1.09. The predicted molar refractivity (Wildman–Crippen MR) is 123 cm³/mol. The standard InChI is InChI=1S/C24H36N2O5S/c1-17(2)19-6-10-22(11-7-19)32(29,30)26-14-12-20(13-15-26)24(28)31-16-23(27)25-21-8-4-18(3)5-9-21/h6-7,10-11,17-18,20-21H,4-5,8-9,12-16H2,1-3H3,(H,25,27). The summed E-state index contributed by atoms with van der Waals surface area (Å²) in [5.74, 6) is -0.0244. The summed E-state index contributed by atoms with van der Waals surface area (Å²) in [7, 11) is -3.58. The quantitative estimate of drug-likeness (QED) is 0.624. The number of rotatable bonds is 7. The van der Waals surface area contributed by atoms with E-state index in [-0.39, 0.29) is 42.5 Å². The highest BCUT2D eigenvalue weighted by molar-refractivity contribution is 7.89. The highest BCUT2D eigenvalue weighted by Gasteiger charge is 2.33. The molecule has 1 aromatic rings. The molecular formula is C24H36N2O5S. The number of amides is 1. The van der Waals surface area contributed by atoms with Crippen molar-refractivity contribution in [2.75, 3.05) is 19.7 Å². The van der Waals surface area contributed by atoms with E-state index in [2.05, 4.69) is 26.1 Å². The lowest BCUT2D eigenvalue weighted by Crippen LogP contribution is -2.42. The van der Waals surface area contributed by atoms with Gasteiger partial charge in [0.1, 0.15) is 0 Å². The molecule has 1 aromatic carbocycles. The lowest BCUT2D eigenvalue weighted by atomic mass is 9.87. The van der Waals surface area contributed by atoms with Gasteiger partial charge in [0.25, 0.3) is 5.91 Å². The zero-order valence-electron chi connectivity index (χ0n) is 19.4. The molecule has 0 spiro atoms. The molecule has 3 rings (SSSR count). The third-order valence-corrected chi connectivity index (χ3v) is 8.61. The van der Waals surface area contributed by atoms with E-state index >= 15 is 0 Å². The monoisotopic (exact) mass is 464 g/mol. The maximum atomic E-state index is 12.9. The normalized spacial score (nSPS) is 23.1. The highest BCUT2D eigenvalue weighted by Crippen LogP contribution is 2.26. The molecule has 1 heterocycles. The average Bonchev–Trinajstić information content (AvgIpc) is 2.79. The van der Waals surface area contributed by atoms with Crippen LogP contribution in [0.25, 0.3) is 0 Å². The van der Waals surface area contributed by atoms with E-state index < -0.39 is 16.0 Å². The van der Waals surface area contributed by atoms with Gasteiger partial charge in [0.05, 0.1) is 10.8 Å². The number of esters is 1. The average molecular weight is 465 g/mol. The first-order valence-corrected chi connectivity index (χ1v) is 13.2. The summed E-state index contributed by atoms with van der Waals surface area (Å²) < 4.78 is 32.5. The zero-order valence-corrected chi connectivity index (χ0v) is 20.2. The van der Waals surface area contributed by atoms with E-state index in [1.165, 1.54) is 4.31 Å². The van der Waals surface area contributed by atoms with Gasteiger partial charge in [-0.2, -0.15) is 4.31 Å². The second kappa shape index (κ2) is 10.8. The smallest absolute Gasteiger partial charge is 0.309 e. The van der Waals surface area contributed by atoms with Gasteiger partial charge in [-0.25, -0.2) is 8.42 Å². The Morgan fingerprint density at radius 2 is 1.62 bits per heavy atom. The molecule has 0 aromatic heterocycles. The number of carbonyl (C=O) groups excluding carboxylic acids is 2. The lowest BCUT2D eigenvalue weighted by Gasteiger charge is -2.30. The van der Waals surface area contributed by atoms with Crippen LogP contribution in [0, 0.1) is 11.8 Å². The van der Waals surface area contributed by atoms with E-state index in [4.69, 9.17) is 4.74 Å². The number of carbonyl (C=O) groups is 2. The molecule has 1 N–H and O–H groups in total. The summed E-state index contributed by atoms with van der Waals surface area (Å²) in [6.45, 7) is 6.60. The van der Waals surface area contributed by atoms with Gasteiger partial charge in [-0.1, -0.05) is 32.9 Å². The van der Waals surface area contributed by atoms with Crippen LogP contribution in [0.4, 0.5) is 0 Å². The molecule has 1 aliphatic heterocycles. The van der Waals surface area contributed by atoms with Crippen LogP contribution >= 0.6 is 0 Å². The number of piperidine rings is 1. The van der Waals surface area contributed by atoms with Crippen LogP contribution in [0.15, 0.2) is 29.2 Å². The number of sulfonamides is 1. The maximum Gasteiger partial charge on any atom is 0.309 e. The fourth-order valence-corrected chi connectivity index (χ4v) is 5.90. The molecule has 0 unspecified atom stereocenters. The van der Waals surface area contributed by atoms with Crippen molar-refractivity contribution in [3.05, 3.63) is 29.8 Å². The van der Waals surface area contributed by atoms with Gasteiger partial charge in [-0.05, 0) is 68.1 Å². The van der Waals surface area contributed by atoms with Crippen LogP contribution < -0.4 is 5.32 Å². The van der Waals surface area contributed by atoms with Gasteiger partial charge in [0, 0.05) is 19.1 Å². The molecular weight excluding hydrogens is 428 g/mol. The van der Waals surface area contributed by atoms with Crippen LogP contribution in [0.2, 0.25) is 0 Å². The fraction of sp³-hybridized carbons (Fsp3) is 0.667. The second-order valence-corrected chi connectivity index (χ2v) is 11.5. The van der Waals surface area contributed by atoms with Crippen molar-refractivity contribution >= 4 is 21.9 Å². The summed E-state index contributed by atoms with van der Waals surface area (Å²) in [6.07, 6.45) is 4.93. The third-order valence-electron chi connectivity index (χ3n) is 6.70. The number of nitrogens with zero attached hydrogens (tertiary/aromatic N) is 1. The first kappa shape index (κ1) is 24.7. The minimum Gasteiger partial charge on any atom is -0.455 e. The SMILES string of the molecule is CC1CCC(NC(=O)COC(=O)C2CCN(S(=O)(=O)c3ccc(C(C)C)cc3)CC2)CC1. The highest BCUT2D eigenvalue weighted by atomic mass is 32.2. The molecule has 32 heavy (non-hydrogen) atoms. The van der Waals surface area contributed by atoms with Crippen molar-refractivity contribution in [1.29, 1.82) is 0 Å². The van der Waals surface area contributed by atoms with E-state index in [1.54, 1.807) is 12.1 Å².